The van der Waals surface area contributed by atoms with E-state index in [0.717, 1.165) is 27.6 Å². The fourth-order valence-corrected chi connectivity index (χ4v) is 3.53. The maximum absolute atomic E-state index is 12.1. The number of rotatable bonds is 6. The molecule has 1 amide bonds. The summed E-state index contributed by atoms with van der Waals surface area (Å²) in [4.78, 5) is 17.8. The third-order valence-corrected chi connectivity index (χ3v) is 5.21. The number of carbonyl (C=O) groups is 1. The van der Waals surface area contributed by atoms with Crippen LogP contribution in [0.15, 0.2) is 24.3 Å². The van der Waals surface area contributed by atoms with Crippen LogP contribution in [0.2, 0.25) is 0 Å². The zero-order chi connectivity index (χ0) is 17.0. The van der Waals surface area contributed by atoms with E-state index < -0.39 is 6.04 Å². The second kappa shape index (κ2) is 7.70. The van der Waals surface area contributed by atoms with Gasteiger partial charge in [-0.2, -0.15) is 0 Å². The minimum atomic E-state index is -0.438. The van der Waals surface area contributed by atoms with Gasteiger partial charge < -0.3 is 11.1 Å². The Bertz CT molecular complexity index is 663. The van der Waals surface area contributed by atoms with Gasteiger partial charge in [-0.25, -0.2) is 4.98 Å². The van der Waals surface area contributed by atoms with E-state index >= 15 is 0 Å². The topological polar surface area (TPSA) is 68.0 Å². The maximum atomic E-state index is 12.1. The molecule has 2 aromatic rings. The van der Waals surface area contributed by atoms with Crippen LogP contribution < -0.4 is 11.1 Å². The van der Waals surface area contributed by atoms with E-state index in [1.54, 1.807) is 11.3 Å². The summed E-state index contributed by atoms with van der Waals surface area (Å²) in [6, 6.07) is 7.81. The average molecular weight is 331 g/mol. The Balaban J connectivity index is 2.14. The van der Waals surface area contributed by atoms with E-state index in [1.165, 1.54) is 5.56 Å². The first-order valence-electron chi connectivity index (χ1n) is 8.02. The summed E-state index contributed by atoms with van der Waals surface area (Å²) in [5.74, 6) is -0.0935. The van der Waals surface area contributed by atoms with Gasteiger partial charge in [-0.15, -0.1) is 11.3 Å². The molecule has 5 heteroatoms. The summed E-state index contributed by atoms with van der Waals surface area (Å²) in [5.41, 5.74) is 9.18. The minimum Gasteiger partial charge on any atom is -0.347 e. The Kier molecular flexibility index (Phi) is 5.91. The van der Waals surface area contributed by atoms with Gasteiger partial charge in [-0.05, 0) is 27.2 Å². The summed E-state index contributed by atoms with van der Waals surface area (Å²) >= 11 is 1.63. The molecular weight excluding hydrogens is 306 g/mol. The molecule has 124 valence electrons. The fourth-order valence-electron chi connectivity index (χ4n) is 2.46. The smallest absolute Gasteiger partial charge is 0.237 e. The number of carbonyl (C=O) groups excluding carboxylic acids is 1. The van der Waals surface area contributed by atoms with Gasteiger partial charge in [0, 0.05) is 5.56 Å². The van der Waals surface area contributed by atoms with Crippen molar-refractivity contribution in [3.8, 4) is 10.6 Å². The number of thiazole rings is 1. The van der Waals surface area contributed by atoms with Crippen molar-refractivity contribution in [2.24, 2.45) is 5.73 Å². The Hall–Kier alpha value is -1.72. The standard InChI is InChI=1S/C18H25N3OS/c1-5-6-15(19)17(22)20-12(3)16-13(4)21-18(23-16)14-9-7-11(2)8-10-14/h7-10,12,15H,5-6,19H2,1-4H3,(H,20,22). The number of nitrogens with zero attached hydrogens (tertiary/aromatic N) is 1. The highest BCUT2D eigenvalue weighted by Gasteiger charge is 2.20. The molecule has 2 unspecified atom stereocenters. The van der Waals surface area contributed by atoms with Crippen LogP contribution in [0.25, 0.3) is 10.6 Å². The Morgan fingerprint density at radius 1 is 1.30 bits per heavy atom. The third-order valence-electron chi connectivity index (χ3n) is 3.82. The van der Waals surface area contributed by atoms with Gasteiger partial charge in [0.05, 0.1) is 22.7 Å². The summed E-state index contributed by atoms with van der Waals surface area (Å²) < 4.78 is 0. The molecule has 4 nitrogen and oxygen atoms in total. The van der Waals surface area contributed by atoms with E-state index in [0.29, 0.717) is 6.42 Å². The maximum Gasteiger partial charge on any atom is 0.237 e. The van der Waals surface area contributed by atoms with Gasteiger partial charge in [-0.3, -0.25) is 4.79 Å². The zero-order valence-electron chi connectivity index (χ0n) is 14.2. The van der Waals surface area contributed by atoms with Crippen molar-refractivity contribution >= 4 is 17.2 Å². The lowest BCUT2D eigenvalue weighted by Gasteiger charge is -2.16. The van der Waals surface area contributed by atoms with Crippen molar-refractivity contribution in [1.29, 1.82) is 0 Å². The Labute approximate surface area is 142 Å². The normalized spacial score (nSPS) is 13.6. The number of hydrogen-bond donors (Lipinski definition) is 2. The third kappa shape index (κ3) is 4.39. The quantitative estimate of drug-likeness (QED) is 0.847. The molecule has 1 heterocycles. The van der Waals surface area contributed by atoms with Gasteiger partial charge in [-0.1, -0.05) is 43.2 Å². The Morgan fingerprint density at radius 3 is 2.57 bits per heavy atom. The zero-order valence-corrected chi connectivity index (χ0v) is 15.0. The summed E-state index contributed by atoms with van der Waals surface area (Å²) in [7, 11) is 0. The molecule has 3 N–H and O–H groups in total. The molecule has 0 spiro atoms. The molecule has 0 saturated carbocycles. The Morgan fingerprint density at radius 2 is 1.96 bits per heavy atom. The molecule has 0 radical (unpaired) electrons. The first-order valence-corrected chi connectivity index (χ1v) is 8.84. The molecular formula is C18H25N3OS. The number of hydrogen-bond acceptors (Lipinski definition) is 4. The number of nitrogens with two attached hydrogens (primary N) is 1. The van der Waals surface area contributed by atoms with Crippen LogP contribution >= 0.6 is 11.3 Å². The van der Waals surface area contributed by atoms with Crippen molar-refractivity contribution in [3.63, 3.8) is 0 Å². The molecule has 0 aliphatic carbocycles. The van der Waals surface area contributed by atoms with Crippen LogP contribution in [0, 0.1) is 13.8 Å². The number of aromatic nitrogens is 1. The van der Waals surface area contributed by atoms with Crippen molar-refractivity contribution in [1.82, 2.24) is 10.3 Å². The van der Waals surface area contributed by atoms with E-state index in [4.69, 9.17) is 5.73 Å². The number of benzene rings is 1. The van der Waals surface area contributed by atoms with Gasteiger partial charge in [0.25, 0.3) is 0 Å². The predicted octanol–water partition coefficient (Wildman–Crippen LogP) is 3.73. The highest BCUT2D eigenvalue weighted by Crippen LogP contribution is 2.31. The van der Waals surface area contributed by atoms with Gasteiger partial charge in [0.15, 0.2) is 0 Å². The lowest BCUT2D eigenvalue weighted by atomic mass is 10.1. The molecule has 0 aliphatic rings. The minimum absolute atomic E-state index is 0.0814. The molecule has 0 aliphatic heterocycles. The lowest BCUT2D eigenvalue weighted by molar-refractivity contribution is -0.123. The molecule has 1 aromatic carbocycles. The average Bonchev–Trinajstić information content (AvgIpc) is 2.90. The molecule has 0 bridgehead atoms. The van der Waals surface area contributed by atoms with Crippen LogP contribution in [-0.4, -0.2) is 16.9 Å². The van der Waals surface area contributed by atoms with E-state index in [2.05, 4.69) is 41.5 Å². The molecule has 1 aromatic heterocycles. The van der Waals surface area contributed by atoms with Crippen LogP contribution in [-0.2, 0) is 4.79 Å². The van der Waals surface area contributed by atoms with Crippen molar-refractivity contribution < 1.29 is 4.79 Å². The van der Waals surface area contributed by atoms with Crippen LogP contribution in [0.3, 0.4) is 0 Å². The highest BCUT2D eigenvalue weighted by atomic mass is 32.1. The first kappa shape index (κ1) is 17.6. The van der Waals surface area contributed by atoms with Gasteiger partial charge in [0.1, 0.15) is 5.01 Å². The second-order valence-electron chi connectivity index (χ2n) is 5.96. The number of aryl methyl sites for hydroxylation is 2. The fraction of sp³-hybridized carbons (Fsp3) is 0.444. The molecule has 2 rings (SSSR count). The lowest BCUT2D eigenvalue weighted by Crippen LogP contribution is -2.41. The van der Waals surface area contributed by atoms with E-state index in [1.807, 2.05) is 20.8 Å². The van der Waals surface area contributed by atoms with Crippen LogP contribution in [0.4, 0.5) is 0 Å². The SMILES string of the molecule is CCCC(N)C(=O)NC(C)c1sc(-c2ccc(C)cc2)nc1C. The monoisotopic (exact) mass is 331 g/mol. The van der Waals surface area contributed by atoms with Crippen LogP contribution in [0.1, 0.15) is 48.9 Å². The summed E-state index contributed by atoms with van der Waals surface area (Å²) in [5, 5.41) is 3.98. The number of nitrogens with one attached hydrogen (secondary N) is 1. The molecule has 23 heavy (non-hydrogen) atoms. The largest absolute Gasteiger partial charge is 0.347 e. The summed E-state index contributed by atoms with van der Waals surface area (Å²) in [6.45, 7) is 8.06. The van der Waals surface area contributed by atoms with E-state index in [9.17, 15) is 4.79 Å². The van der Waals surface area contributed by atoms with Crippen molar-refractivity contribution in [2.75, 3.05) is 0 Å². The second-order valence-corrected chi connectivity index (χ2v) is 6.99. The number of amides is 1. The first-order chi connectivity index (χ1) is 10.9. The molecule has 0 fully saturated rings. The highest BCUT2D eigenvalue weighted by molar-refractivity contribution is 7.15. The van der Waals surface area contributed by atoms with Gasteiger partial charge >= 0.3 is 0 Å². The summed E-state index contributed by atoms with van der Waals surface area (Å²) in [6.07, 6.45) is 1.61. The van der Waals surface area contributed by atoms with E-state index in [-0.39, 0.29) is 11.9 Å². The van der Waals surface area contributed by atoms with Crippen molar-refractivity contribution in [3.05, 3.63) is 40.4 Å². The molecule has 0 saturated heterocycles. The van der Waals surface area contributed by atoms with Crippen LogP contribution in [0.5, 0.6) is 0 Å². The molecule has 2 atom stereocenters. The van der Waals surface area contributed by atoms with Gasteiger partial charge in [0.2, 0.25) is 5.91 Å². The van der Waals surface area contributed by atoms with Crippen molar-refractivity contribution in [2.45, 2.75) is 52.6 Å². The predicted molar refractivity (Wildman–Crippen MR) is 96.5 cm³/mol.